The molecule has 19 heavy (non-hydrogen) atoms. The molecule has 2 N–H and O–H groups in total. The van der Waals surface area contributed by atoms with Gasteiger partial charge in [0.25, 0.3) is 0 Å². The number of rotatable bonds is 7. The second kappa shape index (κ2) is 6.31. The first-order valence-electron chi connectivity index (χ1n) is 6.48. The molecular weight excluding hydrogens is 246 g/mol. The lowest BCUT2D eigenvalue weighted by atomic mass is 9.90. The maximum absolute atomic E-state index is 11.2. The molecule has 0 bridgehead atoms. The monoisotopic (exact) mass is 267 g/mol. The Morgan fingerprint density at radius 3 is 2.16 bits per heavy atom. The molecule has 0 aliphatic carbocycles. The molecular formula is C12H21N5O2. The fourth-order valence-electron chi connectivity index (χ4n) is 2.09. The van der Waals surface area contributed by atoms with Gasteiger partial charge in [0.2, 0.25) is 11.6 Å². The molecule has 1 rings (SSSR count). The number of anilines is 2. The van der Waals surface area contributed by atoms with Crippen LogP contribution in [-0.2, 0) is 0 Å². The van der Waals surface area contributed by atoms with Gasteiger partial charge in [-0.25, -0.2) is 9.97 Å². The zero-order valence-electron chi connectivity index (χ0n) is 11.9. The molecule has 0 atom stereocenters. The van der Waals surface area contributed by atoms with Crippen LogP contribution in [0.4, 0.5) is 17.3 Å². The molecule has 1 heterocycles. The van der Waals surface area contributed by atoms with E-state index in [-0.39, 0.29) is 22.9 Å². The van der Waals surface area contributed by atoms with Crippen LogP contribution in [0.3, 0.4) is 0 Å². The van der Waals surface area contributed by atoms with Crippen LogP contribution in [-0.4, -0.2) is 27.5 Å². The van der Waals surface area contributed by atoms with Gasteiger partial charge in [0.05, 0.1) is 4.92 Å². The molecule has 0 aromatic carbocycles. The number of nitro groups is 1. The Labute approximate surface area is 113 Å². The largest absolute Gasteiger partial charge is 0.367 e. The van der Waals surface area contributed by atoms with Crippen LogP contribution in [0.1, 0.15) is 40.0 Å². The van der Waals surface area contributed by atoms with Crippen LogP contribution in [0.5, 0.6) is 0 Å². The molecule has 106 valence electrons. The van der Waals surface area contributed by atoms with E-state index in [0.717, 1.165) is 19.3 Å². The number of nitrogens with zero attached hydrogens (tertiary/aromatic N) is 3. The average molecular weight is 267 g/mol. The summed E-state index contributed by atoms with van der Waals surface area (Å²) >= 11 is 0. The first-order chi connectivity index (χ1) is 9.03. The van der Waals surface area contributed by atoms with Gasteiger partial charge in [0.15, 0.2) is 0 Å². The van der Waals surface area contributed by atoms with Gasteiger partial charge in [-0.2, -0.15) is 0 Å². The molecule has 0 saturated carbocycles. The summed E-state index contributed by atoms with van der Waals surface area (Å²) in [5.74, 6) is 0.495. The normalized spacial score (nSPS) is 11.2. The summed E-state index contributed by atoms with van der Waals surface area (Å²) in [5.41, 5.74) is -0.283. The summed E-state index contributed by atoms with van der Waals surface area (Å²) in [6, 6.07) is 0. The van der Waals surface area contributed by atoms with Crippen molar-refractivity contribution in [2.45, 2.75) is 45.6 Å². The minimum Gasteiger partial charge on any atom is -0.367 e. The van der Waals surface area contributed by atoms with Gasteiger partial charge in [-0.3, -0.25) is 10.1 Å². The van der Waals surface area contributed by atoms with Crippen molar-refractivity contribution in [3.05, 3.63) is 16.4 Å². The first kappa shape index (κ1) is 15.1. The third-order valence-corrected chi connectivity index (χ3v) is 3.66. The van der Waals surface area contributed by atoms with E-state index < -0.39 is 4.92 Å². The van der Waals surface area contributed by atoms with Gasteiger partial charge >= 0.3 is 5.69 Å². The van der Waals surface area contributed by atoms with Crippen molar-refractivity contribution in [3.8, 4) is 0 Å². The van der Waals surface area contributed by atoms with Crippen molar-refractivity contribution in [2.24, 2.45) is 0 Å². The van der Waals surface area contributed by atoms with Gasteiger partial charge in [-0.15, -0.1) is 0 Å². The summed E-state index contributed by atoms with van der Waals surface area (Å²) in [6.45, 7) is 6.18. The Kier molecular flexibility index (Phi) is 5.02. The SMILES string of the molecule is CCC(CC)(CC)Nc1ncnc(NC)c1[N+](=O)[O-]. The highest BCUT2D eigenvalue weighted by atomic mass is 16.6. The number of hydrogen-bond acceptors (Lipinski definition) is 6. The maximum Gasteiger partial charge on any atom is 0.353 e. The van der Waals surface area contributed by atoms with Crippen LogP contribution in [0.2, 0.25) is 0 Å². The van der Waals surface area contributed by atoms with Crippen molar-refractivity contribution in [3.63, 3.8) is 0 Å². The number of nitrogens with one attached hydrogen (secondary N) is 2. The molecule has 0 amide bonds. The molecule has 7 nitrogen and oxygen atoms in total. The molecule has 0 radical (unpaired) electrons. The van der Waals surface area contributed by atoms with E-state index >= 15 is 0 Å². The fraction of sp³-hybridized carbons (Fsp3) is 0.667. The summed E-state index contributed by atoms with van der Waals surface area (Å²) in [5, 5.41) is 17.2. The van der Waals surface area contributed by atoms with E-state index in [9.17, 15) is 10.1 Å². The van der Waals surface area contributed by atoms with Gasteiger partial charge in [-0.05, 0) is 19.3 Å². The Hall–Kier alpha value is -1.92. The van der Waals surface area contributed by atoms with Crippen molar-refractivity contribution in [2.75, 3.05) is 17.7 Å². The Bertz CT molecular complexity index is 437. The number of aromatic nitrogens is 2. The van der Waals surface area contributed by atoms with Crippen molar-refractivity contribution in [1.82, 2.24) is 9.97 Å². The summed E-state index contributed by atoms with van der Waals surface area (Å²) in [4.78, 5) is 18.7. The van der Waals surface area contributed by atoms with E-state index in [1.807, 2.05) is 0 Å². The minimum atomic E-state index is -0.458. The molecule has 0 fully saturated rings. The Balaban J connectivity index is 3.23. The molecule has 0 saturated heterocycles. The second-order valence-electron chi connectivity index (χ2n) is 4.39. The Morgan fingerprint density at radius 2 is 1.74 bits per heavy atom. The van der Waals surface area contributed by atoms with Gasteiger partial charge < -0.3 is 10.6 Å². The summed E-state index contributed by atoms with van der Waals surface area (Å²) < 4.78 is 0. The molecule has 1 aromatic rings. The highest BCUT2D eigenvalue weighted by molar-refractivity contribution is 5.69. The number of hydrogen-bond donors (Lipinski definition) is 2. The topological polar surface area (TPSA) is 93.0 Å². The molecule has 1 aromatic heterocycles. The fourth-order valence-corrected chi connectivity index (χ4v) is 2.09. The second-order valence-corrected chi connectivity index (χ2v) is 4.39. The van der Waals surface area contributed by atoms with E-state index in [1.54, 1.807) is 7.05 Å². The van der Waals surface area contributed by atoms with E-state index in [0.29, 0.717) is 0 Å². The quantitative estimate of drug-likeness (QED) is 0.583. The summed E-state index contributed by atoms with van der Waals surface area (Å²) in [7, 11) is 1.60. The van der Waals surface area contributed by atoms with Gasteiger partial charge in [-0.1, -0.05) is 20.8 Å². The highest BCUT2D eigenvalue weighted by Crippen LogP contribution is 2.33. The molecule has 0 spiro atoms. The lowest BCUT2D eigenvalue weighted by Gasteiger charge is -2.32. The van der Waals surface area contributed by atoms with E-state index in [4.69, 9.17) is 0 Å². The lowest BCUT2D eigenvalue weighted by molar-refractivity contribution is -0.383. The van der Waals surface area contributed by atoms with Crippen LogP contribution in [0.25, 0.3) is 0 Å². The summed E-state index contributed by atoms with van der Waals surface area (Å²) in [6.07, 6.45) is 3.94. The molecule has 0 aliphatic heterocycles. The zero-order valence-corrected chi connectivity index (χ0v) is 11.9. The minimum absolute atomic E-state index is 0.107. The third-order valence-electron chi connectivity index (χ3n) is 3.66. The average Bonchev–Trinajstić information content (AvgIpc) is 2.44. The standard InChI is InChI=1S/C12H21N5O2/c1-5-12(6-2,7-3)16-11-9(17(18)19)10(13-4)14-8-15-11/h8H,5-7H2,1-4H3,(H2,13,14,15,16). The maximum atomic E-state index is 11.2. The van der Waals surface area contributed by atoms with Gasteiger partial charge in [0, 0.05) is 12.6 Å². The van der Waals surface area contributed by atoms with Crippen LogP contribution < -0.4 is 10.6 Å². The van der Waals surface area contributed by atoms with Gasteiger partial charge in [0.1, 0.15) is 6.33 Å². The molecule has 0 aliphatic rings. The smallest absolute Gasteiger partial charge is 0.353 e. The van der Waals surface area contributed by atoms with Crippen molar-refractivity contribution in [1.29, 1.82) is 0 Å². The van der Waals surface area contributed by atoms with E-state index in [2.05, 4.69) is 41.4 Å². The van der Waals surface area contributed by atoms with Crippen molar-refractivity contribution < 1.29 is 4.92 Å². The highest BCUT2D eigenvalue weighted by Gasteiger charge is 2.30. The molecule has 0 unspecified atom stereocenters. The van der Waals surface area contributed by atoms with E-state index in [1.165, 1.54) is 6.33 Å². The van der Waals surface area contributed by atoms with Crippen LogP contribution in [0.15, 0.2) is 6.33 Å². The van der Waals surface area contributed by atoms with Crippen LogP contribution >= 0.6 is 0 Å². The first-order valence-corrected chi connectivity index (χ1v) is 6.48. The van der Waals surface area contributed by atoms with Crippen molar-refractivity contribution >= 4 is 17.3 Å². The predicted octanol–water partition coefficient (Wildman–Crippen LogP) is 2.81. The zero-order chi connectivity index (χ0) is 14.5. The lowest BCUT2D eigenvalue weighted by Crippen LogP contribution is -2.36. The Morgan fingerprint density at radius 1 is 1.21 bits per heavy atom. The van der Waals surface area contributed by atoms with Crippen LogP contribution in [0, 0.1) is 10.1 Å². The predicted molar refractivity (Wildman–Crippen MR) is 75.5 cm³/mol. The third kappa shape index (κ3) is 3.10. The molecule has 7 heteroatoms.